The summed E-state index contributed by atoms with van der Waals surface area (Å²) in [5.74, 6) is -5.57. The molecule has 6 N–H and O–H groups in total. The van der Waals surface area contributed by atoms with Gasteiger partial charge in [-0.2, -0.15) is 0 Å². The number of amides is 2. The van der Waals surface area contributed by atoms with Crippen LogP contribution in [0.5, 0.6) is 0 Å². The van der Waals surface area contributed by atoms with Crippen molar-refractivity contribution >= 4 is 48.4 Å². The van der Waals surface area contributed by atoms with E-state index in [4.69, 9.17) is 0 Å². The van der Waals surface area contributed by atoms with E-state index < -0.39 is 54.7 Å². The molecule has 55 heavy (non-hydrogen) atoms. The molecule has 0 aromatic heterocycles. The molecule has 0 aliphatic carbocycles. The van der Waals surface area contributed by atoms with E-state index >= 15 is 0 Å². The van der Waals surface area contributed by atoms with E-state index in [1.165, 1.54) is 4.90 Å². The predicted octanol–water partition coefficient (Wildman–Crippen LogP) is -1.28. The van der Waals surface area contributed by atoms with Gasteiger partial charge in [0.2, 0.25) is 11.8 Å². The van der Waals surface area contributed by atoms with Gasteiger partial charge < -0.3 is 35.6 Å². The number of nitrogens with zero attached hydrogens (tertiary/aromatic N) is 5. The number of carbonyl (C=O) groups excluding carboxylic acids is 4. The van der Waals surface area contributed by atoms with Crippen LogP contribution in [0.15, 0.2) is 0 Å². The fourth-order valence-electron chi connectivity index (χ4n) is 6.92. The normalized spacial score (nSPS) is 19.4. The number of ketones is 2. The predicted molar refractivity (Wildman–Crippen MR) is 197 cm³/mol. The summed E-state index contributed by atoms with van der Waals surface area (Å²) in [6.45, 7) is 7.41. The third-order valence-electron chi connectivity index (χ3n) is 10.1. The number of likely N-dealkylation sites (tertiary alicyclic amines) is 1. The monoisotopic (exact) mass is 943 g/mol. The number of hydrogen-bond donors (Lipinski definition) is 6. The fraction of sp³-hybridized carbons (Fsp3) is 0.800. The van der Waals surface area contributed by atoms with E-state index in [1.807, 2.05) is 18.7 Å². The number of Topliss-reactive ketones (excluding diaryl/α,β-unsaturated/α-hetero) is 2. The summed E-state index contributed by atoms with van der Waals surface area (Å²) >= 11 is 0. The fourth-order valence-corrected chi connectivity index (χ4v) is 6.92. The molecule has 1 radical (unpaired) electrons. The van der Waals surface area contributed by atoms with Crippen LogP contribution in [-0.4, -0.2) is 195 Å². The van der Waals surface area contributed by atoms with Gasteiger partial charge in [-0.3, -0.25) is 53.2 Å². The molecule has 0 aromatic carbocycles. The average molecular weight is 944 g/mol. The Kier molecular flexibility index (Phi) is 24.6. The first-order chi connectivity index (χ1) is 25.5. The summed E-state index contributed by atoms with van der Waals surface area (Å²) in [7, 11) is -1.66. The number of unbranched alkanes of at least 4 members (excludes halogenated alkanes) is 2. The van der Waals surface area contributed by atoms with Gasteiger partial charge in [0.15, 0.2) is 0 Å². The van der Waals surface area contributed by atoms with Crippen LogP contribution in [0.4, 0.5) is 0 Å². The Morgan fingerprint density at radius 3 is 1.45 bits per heavy atom. The van der Waals surface area contributed by atoms with Crippen molar-refractivity contribution in [2.24, 2.45) is 11.8 Å². The van der Waals surface area contributed by atoms with Gasteiger partial charge in [0.25, 0.3) is 0 Å². The molecule has 0 bridgehead atoms. The molecule has 2 fully saturated rings. The van der Waals surface area contributed by atoms with Crippen LogP contribution in [-0.2, 0) is 33.6 Å². The van der Waals surface area contributed by atoms with Gasteiger partial charge in [-0.15, -0.1) is 0 Å². The van der Waals surface area contributed by atoms with Crippen molar-refractivity contribution in [3.8, 4) is 0 Å². The molecule has 0 spiro atoms. The third-order valence-corrected chi connectivity index (χ3v) is 10.1. The summed E-state index contributed by atoms with van der Waals surface area (Å²) in [6, 6.07) is -0.892. The minimum absolute atomic E-state index is 0. The maximum atomic E-state index is 13.1. The Bertz CT molecular complexity index is 1250. The first-order valence-electron chi connectivity index (χ1n) is 19.0. The summed E-state index contributed by atoms with van der Waals surface area (Å²) in [5, 5.41) is 50.1. The minimum Gasteiger partial charge on any atom is -0.480 e. The molecule has 0 aromatic rings. The maximum Gasteiger partial charge on any atom is 0.475 e. The van der Waals surface area contributed by atoms with Crippen molar-refractivity contribution in [3.63, 3.8) is 0 Å². The molecule has 18 nitrogen and oxygen atoms in total. The number of carbonyl (C=O) groups is 7. The summed E-state index contributed by atoms with van der Waals surface area (Å²) in [5.41, 5.74) is 0. The van der Waals surface area contributed by atoms with Crippen molar-refractivity contribution in [2.75, 3.05) is 85.1 Å². The van der Waals surface area contributed by atoms with Crippen LogP contribution in [0.25, 0.3) is 0 Å². The Balaban J connectivity index is 0.0000151. The van der Waals surface area contributed by atoms with Crippen LogP contribution >= 0.6 is 0 Å². The molecule has 2 heterocycles. The molecular formula is C35H61BLuN6O12. The first kappa shape index (κ1) is 50.8. The second-order valence-electron chi connectivity index (χ2n) is 14.9. The largest absolute Gasteiger partial charge is 0.480 e. The van der Waals surface area contributed by atoms with Crippen molar-refractivity contribution in [1.29, 1.82) is 0 Å². The molecule has 2 rings (SSSR count). The molecule has 2 aliphatic rings. The van der Waals surface area contributed by atoms with Crippen LogP contribution in [0.2, 0.25) is 0 Å². The minimum atomic E-state index is -1.66. The van der Waals surface area contributed by atoms with Gasteiger partial charge in [-0.1, -0.05) is 20.3 Å². The second-order valence-corrected chi connectivity index (χ2v) is 14.9. The van der Waals surface area contributed by atoms with Crippen LogP contribution in [0.1, 0.15) is 72.1 Å². The zero-order chi connectivity index (χ0) is 40.4. The van der Waals surface area contributed by atoms with Crippen molar-refractivity contribution in [1.82, 2.24) is 29.8 Å². The SMILES string of the molecule is CC(C)[C@H](CC(=O)CCCCCC(=O)CN1CCN(CC(=O)O)CCN(CC(=O)O)CCN(CC(=O)O)CC1)C(=O)N[C@H](C)C(=O)N1CCC[C@H]1B(O)O.[Lu]. The molecular weight excluding hydrogens is 882 g/mol. The van der Waals surface area contributed by atoms with Crippen molar-refractivity contribution < 1.29 is 95.8 Å². The molecule has 0 saturated carbocycles. The van der Waals surface area contributed by atoms with E-state index in [0.717, 1.165) is 0 Å². The van der Waals surface area contributed by atoms with Crippen LogP contribution in [0.3, 0.4) is 0 Å². The van der Waals surface area contributed by atoms with Gasteiger partial charge in [0, 0.05) is 121 Å². The molecule has 2 aliphatic heterocycles. The Labute approximate surface area is 353 Å². The quantitative estimate of drug-likeness (QED) is 0.0580. The standard InChI is InChI=1S/C35H61BN6O12.Lu/c1-25(2)29(34(51)37-26(3)35(52)42-11-7-10-30(42)36(53)54)20-27(43)8-5-4-6-9-28(44)21-38-12-14-39(22-31(45)46)16-18-41(24-33(49)50)19-17-40(15-13-38)23-32(47)48;/h25-26,29-30,53-54H,4-24H2,1-3H3,(H,37,51)(H,45,46)(H,47,48)(H,49,50);/t26-,29+,30+;/m1./s1. The van der Waals surface area contributed by atoms with E-state index in [2.05, 4.69) is 5.32 Å². The molecule has 321 valence electrons. The number of nitrogens with one attached hydrogen (secondary N) is 1. The van der Waals surface area contributed by atoms with Gasteiger partial charge >= 0.3 is 25.0 Å². The molecule has 20 heteroatoms. The number of carboxylic acid groups (broad SMARTS) is 3. The summed E-state index contributed by atoms with van der Waals surface area (Å²) < 4.78 is 0. The van der Waals surface area contributed by atoms with Gasteiger partial charge in [-0.25, -0.2) is 0 Å². The molecule has 3 atom stereocenters. The number of carboxylic acids is 3. The Hall–Kier alpha value is -2.25. The topological polar surface area (TPSA) is 249 Å². The van der Waals surface area contributed by atoms with Crippen LogP contribution < -0.4 is 5.32 Å². The number of aliphatic carboxylic acids is 3. The van der Waals surface area contributed by atoms with E-state index in [0.29, 0.717) is 64.8 Å². The van der Waals surface area contributed by atoms with Crippen molar-refractivity contribution in [3.05, 3.63) is 0 Å². The maximum absolute atomic E-state index is 13.1. The van der Waals surface area contributed by atoms with E-state index in [1.54, 1.807) is 21.6 Å². The Morgan fingerprint density at radius 1 is 0.636 bits per heavy atom. The van der Waals surface area contributed by atoms with E-state index in [9.17, 15) is 58.9 Å². The van der Waals surface area contributed by atoms with Crippen LogP contribution in [0, 0.1) is 48.7 Å². The van der Waals surface area contributed by atoms with Gasteiger partial charge in [0.05, 0.1) is 32.1 Å². The second kappa shape index (κ2) is 26.6. The molecule has 2 amide bonds. The zero-order valence-corrected chi connectivity index (χ0v) is 34.0. The molecule has 0 unspecified atom stereocenters. The number of rotatable bonds is 21. The molecule has 2 saturated heterocycles. The van der Waals surface area contributed by atoms with Gasteiger partial charge in [0.1, 0.15) is 17.6 Å². The van der Waals surface area contributed by atoms with Gasteiger partial charge in [-0.05, 0) is 38.5 Å². The Morgan fingerprint density at radius 2 is 1.05 bits per heavy atom. The first-order valence-corrected chi connectivity index (χ1v) is 19.0. The number of hydrogen-bond acceptors (Lipinski definition) is 13. The zero-order valence-electron chi connectivity index (χ0n) is 32.3. The third kappa shape index (κ3) is 20.1. The summed E-state index contributed by atoms with van der Waals surface area (Å²) in [6.07, 6.45) is 3.29. The average Bonchev–Trinajstić information content (AvgIpc) is 3.57. The smallest absolute Gasteiger partial charge is 0.475 e. The van der Waals surface area contributed by atoms with Crippen molar-refractivity contribution in [2.45, 2.75) is 84.1 Å². The van der Waals surface area contributed by atoms with E-state index in [-0.39, 0.29) is 126 Å². The summed E-state index contributed by atoms with van der Waals surface area (Å²) in [4.78, 5) is 94.7.